The zero-order valence-electron chi connectivity index (χ0n) is 9.73. The van der Waals surface area contributed by atoms with Crippen LogP contribution in [-0.2, 0) is 4.79 Å². The van der Waals surface area contributed by atoms with Crippen molar-refractivity contribution in [3.8, 4) is 0 Å². The van der Waals surface area contributed by atoms with Gasteiger partial charge in [0.15, 0.2) is 6.17 Å². The summed E-state index contributed by atoms with van der Waals surface area (Å²) in [6.07, 6.45) is -1.12. The monoisotopic (exact) mass is 242 g/mol. The van der Waals surface area contributed by atoms with Gasteiger partial charge in [-0.1, -0.05) is 36.4 Å². The van der Waals surface area contributed by atoms with E-state index in [1.807, 2.05) is 60.7 Å². The van der Waals surface area contributed by atoms with Crippen molar-refractivity contribution in [3.63, 3.8) is 0 Å². The van der Waals surface area contributed by atoms with E-state index < -0.39 is 12.1 Å². The lowest BCUT2D eigenvalue weighted by atomic mass is 10.2. The Labute approximate surface area is 105 Å². The molecule has 0 spiro atoms. The first-order valence-corrected chi connectivity index (χ1v) is 5.58. The Kier molecular flexibility index (Phi) is 3.60. The lowest BCUT2D eigenvalue weighted by molar-refractivity contribution is -0.138. The molecule has 2 aromatic carbocycles. The molecule has 92 valence electrons. The van der Waals surface area contributed by atoms with Crippen LogP contribution in [0.2, 0.25) is 0 Å². The van der Waals surface area contributed by atoms with Gasteiger partial charge in [0, 0.05) is 11.4 Å². The van der Waals surface area contributed by atoms with Crippen LogP contribution in [0.3, 0.4) is 0 Å². The second kappa shape index (κ2) is 5.33. The lowest BCUT2D eigenvalue weighted by Gasteiger charge is -2.28. The molecule has 0 bridgehead atoms. The quantitative estimate of drug-likeness (QED) is 0.806. The zero-order chi connectivity index (χ0) is 13.0. The van der Waals surface area contributed by atoms with E-state index in [9.17, 15) is 4.79 Å². The van der Waals surface area contributed by atoms with Crippen molar-refractivity contribution < 1.29 is 9.90 Å². The standard InChI is InChI=1S/C14H14N2O2/c15-13(14(17)18)16(11-7-3-1-4-8-11)12-9-5-2-6-10-12/h1-10,13H,15H2,(H,17,18). The summed E-state index contributed by atoms with van der Waals surface area (Å²) >= 11 is 0. The first-order valence-electron chi connectivity index (χ1n) is 5.58. The van der Waals surface area contributed by atoms with Gasteiger partial charge in [0.25, 0.3) is 0 Å². The highest BCUT2D eigenvalue weighted by atomic mass is 16.4. The second-order valence-electron chi connectivity index (χ2n) is 3.82. The van der Waals surface area contributed by atoms with Crippen molar-refractivity contribution >= 4 is 17.3 Å². The minimum Gasteiger partial charge on any atom is -0.479 e. The van der Waals surface area contributed by atoms with E-state index >= 15 is 0 Å². The Hall–Kier alpha value is -2.33. The Morgan fingerprint density at radius 2 is 1.33 bits per heavy atom. The van der Waals surface area contributed by atoms with E-state index in [2.05, 4.69) is 0 Å². The van der Waals surface area contributed by atoms with Gasteiger partial charge in [-0.05, 0) is 24.3 Å². The average Bonchev–Trinajstić information content (AvgIpc) is 2.41. The molecule has 0 saturated heterocycles. The van der Waals surface area contributed by atoms with E-state index in [0.717, 1.165) is 11.4 Å². The number of anilines is 2. The third-order valence-corrected chi connectivity index (χ3v) is 2.60. The van der Waals surface area contributed by atoms with Gasteiger partial charge in [-0.25, -0.2) is 4.79 Å². The molecule has 1 atom stereocenters. The largest absolute Gasteiger partial charge is 0.479 e. The number of nitrogens with two attached hydrogens (primary N) is 1. The maximum Gasteiger partial charge on any atom is 0.341 e. The first-order chi connectivity index (χ1) is 8.70. The average molecular weight is 242 g/mol. The molecule has 2 rings (SSSR count). The molecule has 0 heterocycles. The second-order valence-corrected chi connectivity index (χ2v) is 3.82. The van der Waals surface area contributed by atoms with Gasteiger partial charge >= 0.3 is 5.97 Å². The van der Waals surface area contributed by atoms with Crippen LogP contribution in [0.1, 0.15) is 0 Å². The van der Waals surface area contributed by atoms with Gasteiger partial charge in [-0.2, -0.15) is 0 Å². The third-order valence-electron chi connectivity index (χ3n) is 2.60. The van der Waals surface area contributed by atoms with E-state index in [1.165, 1.54) is 0 Å². The van der Waals surface area contributed by atoms with Gasteiger partial charge < -0.3 is 15.7 Å². The molecule has 2 aromatic rings. The van der Waals surface area contributed by atoms with Crippen molar-refractivity contribution in [2.75, 3.05) is 4.90 Å². The molecule has 0 radical (unpaired) electrons. The van der Waals surface area contributed by atoms with Crippen molar-refractivity contribution in [1.82, 2.24) is 0 Å². The topological polar surface area (TPSA) is 66.6 Å². The fraction of sp³-hybridized carbons (Fsp3) is 0.0714. The van der Waals surface area contributed by atoms with Crippen molar-refractivity contribution in [2.24, 2.45) is 5.73 Å². The molecule has 0 saturated carbocycles. The summed E-state index contributed by atoms with van der Waals surface area (Å²) in [4.78, 5) is 12.7. The molecular weight excluding hydrogens is 228 g/mol. The van der Waals surface area contributed by atoms with E-state index in [-0.39, 0.29) is 0 Å². The van der Waals surface area contributed by atoms with Crippen molar-refractivity contribution in [3.05, 3.63) is 60.7 Å². The number of rotatable bonds is 4. The summed E-state index contributed by atoms with van der Waals surface area (Å²) in [5, 5.41) is 9.11. The minimum atomic E-state index is -1.12. The molecule has 0 aliphatic carbocycles. The van der Waals surface area contributed by atoms with E-state index in [4.69, 9.17) is 10.8 Å². The Bertz CT molecular complexity index is 474. The molecule has 3 N–H and O–H groups in total. The van der Waals surface area contributed by atoms with Gasteiger partial charge in [0.05, 0.1) is 0 Å². The molecule has 18 heavy (non-hydrogen) atoms. The zero-order valence-corrected chi connectivity index (χ0v) is 9.73. The third kappa shape index (κ3) is 2.49. The number of para-hydroxylation sites is 2. The lowest BCUT2D eigenvalue weighted by Crippen LogP contribution is -2.45. The molecule has 1 unspecified atom stereocenters. The molecular formula is C14H14N2O2. The summed E-state index contributed by atoms with van der Waals surface area (Å²) < 4.78 is 0. The number of hydrogen-bond donors (Lipinski definition) is 2. The maximum absolute atomic E-state index is 11.1. The molecule has 0 aromatic heterocycles. The van der Waals surface area contributed by atoms with Crippen molar-refractivity contribution in [2.45, 2.75) is 6.17 Å². The summed E-state index contributed by atoms with van der Waals surface area (Å²) in [5.74, 6) is -1.07. The number of carboxylic acid groups (broad SMARTS) is 1. The number of carboxylic acids is 1. The number of nitrogens with zero attached hydrogens (tertiary/aromatic N) is 1. The summed E-state index contributed by atoms with van der Waals surface area (Å²) in [5.41, 5.74) is 7.25. The molecule has 0 fully saturated rings. The van der Waals surface area contributed by atoms with Gasteiger partial charge in [-0.15, -0.1) is 0 Å². The number of benzene rings is 2. The van der Waals surface area contributed by atoms with Crippen LogP contribution in [-0.4, -0.2) is 17.2 Å². The molecule has 0 amide bonds. The Morgan fingerprint density at radius 3 is 1.67 bits per heavy atom. The predicted octanol–water partition coefficient (Wildman–Crippen LogP) is 2.19. The van der Waals surface area contributed by atoms with Gasteiger partial charge in [0.1, 0.15) is 0 Å². The highest BCUT2D eigenvalue weighted by Gasteiger charge is 2.22. The minimum absolute atomic E-state index is 0.749. The highest BCUT2D eigenvalue weighted by molar-refractivity contribution is 5.81. The molecule has 0 aliphatic heterocycles. The van der Waals surface area contributed by atoms with Crippen molar-refractivity contribution in [1.29, 1.82) is 0 Å². The van der Waals surface area contributed by atoms with Gasteiger partial charge in [0.2, 0.25) is 0 Å². The van der Waals surface area contributed by atoms with Crippen LogP contribution in [0.5, 0.6) is 0 Å². The van der Waals surface area contributed by atoms with Crippen LogP contribution < -0.4 is 10.6 Å². The highest BCUT2D eigenvalue weighted by Crippen LogP contribution is 2.25. The summed E-state index contributed by atoms with van der Waals surface area (Å²) in [6, 6.07) is 18.5. The Balaban J connectivity index is 2.45. The smallest absolute Gasteiger partial charge is 0.341 e. The van der Waals surface area contributed by atoms with Crippen LogP contribution in [0, 0.1) is 0 Å². The van der Waals surface area contributed by atoms with Crippen LogP contribution >= 0.6 is 0 Å². The predicted molar refractivity (Wildman–Crippen MR) is 70.6 cm³/mol. The SMILES string of the molecule is NC(C(=O)O)N(c1ccccc1)c1ccccc1. The van der Waals surface area contributed by atoms with E-state index in [1.54, 1.807) is 4.90 Å². The van der Waals surface area contributed by atoms with Crippen LogP contribution in [0.4, 0.5) is 11.4 Å². The summed E-state index contributed by atoms with van der Waals surface area (Å²) in [7, 11) is 0. The van der Waals surface area contributed by atoms with Gasteiger partial charge in [-0.3, -0.25) is 0 Å². The number of carbonyl (C=O) groups is 1. The first kappa shape index (κ1) is 12.1. The van der Waals surface area contributed by atoms with Crippen LogP contribution in [0.25, 0.3) is 0 Å². The molecule has 4 heteroatoms. The fourth-order valence-corrected chi connectivity index (χ4v) is 1.76. The number of aliphatic carboxylic acids is 1. The summed E-state index contributed by atoms with van der Waals surface area (Å²) in [6.45, 7) is 0. The van der Waals surface area contributed by atoms with Crippen LogP contribution in [0.15, 0.2) is 60.7 Å². The normalized spacial score (nSPS) is 11.8. The fourth-order valence-electron chi connectivity index (χ4n) is 1.76. The van der Waals surface area contributed by atoms with E-state index in [0.29, 0.717) is 0 Å². The Morgan fingerprint density at radius 1 is 0.944 bits per heavy atom. The maximum atomic E-state index is 11.1. The molecule has 4 nitrogen and oxygen atoms in total. The number of hydrogen-bond acceptors (Lipinski definition) is 3. The molecule has 0 aliphatic rings.